The zero-order valence-corrected chi connectivity index (χ0v) is 12.7. The second-order valence-corrected chi connectivity index (χ2v) is 5.16. The molecule has 0 atom stereocenters. The first kappa shape index (κ1) is 18.2. The molecule has 0 aliphatic carbocycles. The smallest absolute Gasteiger partial charge is 0.416 e. The van der Waals surface area contributed by atoms with Gasteiger partial charge in [-0.1, -0.05) is 12.1 Å². The molecule has 1 amide bonds. The summed E-state index contributed by atoms with van der Waals surface area (Å²) in [7, 11) is 0. The monoisotopic (exact) mass is 354 g/mol. The molecule has 0 saturated heterocycles. The number of nitrogens with zero attached hydrogens (tertiary/aromatic N) is 1. The van der Waals surface area contributed by atoms with Gasteiger partial charge in [-0.05, 0) is 36.2 Å². The summed E-state index contributed by atoms with van der Waals surface area (Å²) >= 11 is 0. The quantitative estimate of drug-likeness (QED) is 0.636. The Bertz CT molecular complexity index is 789. The van der Waals surface area contributed by atoms with Gasteiger partial charge in [0.05, 0.1) is 10.5 Å². The number of carbonyl (C=O) groups is 1. The van der Waals surface area contributed by atoms with Crippen molar-refractivity contribution in [2.45, 2.75) is 12.6 Å². The predicted octanol–water partition coefficient (Wildman–Crippen LogP) is 3.29. The first-order chi connectivity index (χ1) is 11.7. The highest BCUT2D eigenvalue weighted by molar-refractivity contribution is 5.95. The van der Waals surface area contributed by atoms with E-state index < -0.39 is 34.0 Å². The average Bonchev–Trinajstić information content (AvgIpc) is 2.54. The Morgan fingerprint density at radius 1 is 1.16 bits per heavy atom. The Morgan fingerprint density at radius 2 is 1.80 bits per heavy atom. The normalized spacial score (nSPS) is 11.2. The number of rotatable bonds is 5. The lowest BCUT2D eigenvalue weighted by Crippen LogP contribution is -2.25. The number of aromatic hydroxyl groups is 1. The van der Waals surface area contributed by atoms with E-state index >= 15 is 0 Å². The van der Waals surface area contributed by atoms with Crippen molar-refractivity contribution in [2.24, 2.45) is 0 Å². The summed E-state index contributed by atoms with van der Waals surface area (Å²) in [6.07, 6.45) is -4.09. The van der Waals surface area contributed by atoms with Gasteiger partial charge in [-0.15, -0.1) is 0 Å². The molecule has 0 aromatic heterocycles. The topological polar surface area (TPSA) is 92.5 Å². The van der Waals surface area contributed by atoms with Crippen molar-refractivity contribution < 1.29 is 28.0 Å². The van der Waals surface area contributed by atoms with E-state index in [2.05, 4.69) is 5.32 Å². The lowest BCUT2D eigenvalue weighted by atomic mass is 10.1. The number of nitro groups is 1. The van der Waals surface area contributed by atoms with E-state index in [0.717, 1.165) is 24.3 Å². The Balaban J connectivity index is 1.92. The standard InChI is InChI=1S/C16H13F3N2O4/c17-16(18,19)12-4-1-10(2-5-12)7-8-20-15(23)11-3-6-13(21(24)25)14(22)9-11/h1-6,9,22H,7-8H2,(H,20,23). The number of benzene rings is 2. The summed E-state index contributed by atoms with van der Waals surface area (Å²) in [6, 6.07) is 7.77. The van der Waals surface area contributed by atoms with Crippen molar-refractivity contribution >= 4 is 11.6 Å². The summed E-state index contributed by atoms with van der Waals surface area (Å²) in [4.78, 5) is 21.7. The van der Waals surface area contributed by atoms with E-state index in [9.17, 15) is 33.2 Å². The van der Waals surface area contributed by atoms with Gasteiger partial charge in [0.2, 0.25) is 0 Å². The van der Waals surface area contributed by atoms with Crippen LogP contribution in [0.25, 0.3) is 0 Å². The number of carbonyl (C=O) groups excluding carboxylic acids is 1. The van der Waals surface area contributed by atoms with Gasteiger partial charge in [0.1, 0.15) is 0 Å². The van der Waals surface area contributed by atoms with Crippen LogP contribution >= 0.6 is 0 Å². The maximum atomic E-state index is 12.5. The van der Waals surface area contributed by atoms with Gasteiger partial charge < -0.3 is 10.4 Å². The van der Waals surface area contributed by atoms with Crippen LogP contribution in [0.15, 0.2) is 42.5 Å². The highest BCUT2D eigenvalue weighted by Gasteiger charge is 2.29. The number of phenolic OH excluding ortho intramolecular Hbond substituents is 1. The van der Waals surface area contributed by atoms with Crippen LogP contribution in [0.3, 0.4) is 0 Å². The molecule has 9 heteroatoms. The molecule has 0 aliphatic rings. The number of hydrogen-bond donors (Lipinski definition) is 2. The number of nitro benzene ring substituents is 1. The summed E-state index contributed by atoms with van der Waals surface area (Å²) in [5.74, 6) is -1.18. The number of hydrogen-bond acceptors (Lipinski definition) is 4. The van der Waals surface area contributed by atoms with E-state index in [1.54, 1.807) is 0 Å². The molecule has 0 spiro atoms. The highest BCUT2D eigenvalue weighted by Crippen LogP contribution is 2.29. The van der Waals surface area contributed by atoms with E-state index in [4.69, 9.17) is 0 Å². The molecule has 2 aromatic rings. The average molecular weight is 354 g/mol. The minimum Gasteiger partial charge on any atom is -0.502 e. The third kappa shape index (κ3) is 4.69. The molecule has 0 unspecified atom stereocenters. The van der Waals surface area contributed by atoms with Crippen molar-refractivity contribution in [3.8, 4) is 5.75 Å². The number of nitrogens with one attached hydrogen (secondary N) is 1. The van der Waals surface area contributed by atoms with Gasteiger partial charge in [0.25, 0.3) is 5.91 Å². The van der Waals surface area contributed by atoms with Gasteiger partial charge in [-0.3, -0.25) is 14.9 Å². The van der Waals surface area contributed by atoms with Crippen LogP contribution < -0.4 is 5.32 Å². The van der Waals surface area contributed by atoms with E-state index in [0.29, 0.717) is 12.0 Å². The molecule has 6 nitrogen and oxygen atoms in total. The van der Waals surface area contributed by atoms with Crippen LogP contribution in [-0.4, -0.2) is 22.5 Å². The van der Waals surface area contributed by atoms with Crippen molar-refractivity contribution in [1.29, 1.82) is 0 Å². The minimum atomic E-state index is -4.40. The Kier molecular flexibility index (Phi) is 5.26. The van der Waals surface area contributed by atoms with E-state index in [1.165, 1.54) is 18.2 Å². The highest BCUT2D eigenvalue weighted by atomic mass is 19.4. The lowest BCUT2D eigenvalue weighted by molar-refractivity contribution is -0.385. The van der Waals surface area contributed by atoms with Crippen LogP contribution in [0.1, 0.15) is 21.5 Å². The molecule has 2 N–H and O–H groups in total. The number of phenols is 1. The van der Waals surface area contributed by atoms with Gasteiger partial charge >= 0.3 is 11.9 Å². The van der Waals surface area contributed by atoms with Crippen LogP contribution in [0.4, 0.5) is 18.9 Å². The lowest BCUT2D eigenvalue weighted by Gasteiger charge is -2.08. The second kappa shape index (κ2) is 7.20. The van der Waals surface area contributed by atoms with Crippen LogP contribution in [-0.2, 0) is 12.6 Å². The van der Waals surface area contributed by atoms with Gasteiger partial charge in [0, 0.05) is 18.2 Å². The molecule has 0 fully saturated rings. The zero-order valence-electron chi connectivity index (χ0n) is 12.7. The number of alkyl halides is 3. The molecule has 0 aliphatic heterocycles. The first-order valence-electron chi connectivity index (χ1n) is 7.10. The van der Waals surface area contributed by atoms with Gasteiger partial charge in [0.15, 0.2) is 5.75 Å². The Morgan fingerprint density at radius 3 is 2.32 bits per heavy atom. The second-order valence-electron chi connectivity index (χ2n) is 5.16. The Labute approximate surface area is 140 Å². The zero-order chi connectivity index (χ0) is 18.6. The molecular weight excluding hydrogens is 341 g/mol. The summed E-state index contributed by atoms with van der Waals surface area (Å²) in [6.45, 7) is 0.155. The molecule has 0 heterocycles. The summed E-state index contributed by atoms with van der Waals surface area (Å²) < 4.78 is 37.4. The largest absolute Gasteiger partial charge is 0.502 e. The Hall–Kier alpha value is -3.10. The molecule has 0 bridgehead atoms. The van der Waals surface area contributed by atoms with Crippen LogP contribution in [0.5, 0.6) is 5.75 Å². The molecule has 0 radical (unpaired) electrons. The van der Waals surface area contributed by atoms with Crippen LogP contribution in [0.2, 0.25) is 0 Å². The summed E-state index contributed by atoms with van der Waals surface area (Å²) in [5, 5.41) is 22.6. The number of halogens is 3. The third-order valence-electron chi connectivity index (χ3n) is 3.41. The molecule has 2 rings (SSSR count). The summed E-state index contributed by atoms with van der Waals surface area (Å²) in [5.41, 5.74) is -0.613. The molecule has 132 valence electrons. The SMILES string of the molecule is O=C(NCCc1ccc(C(F)(F)F)cc1)c1ccc([N+](=O)[O-])c(O)c1. The van der Waals surface area contributed by atoms with Gasteiger partial charge in [-0.2, -0.15) is 13.2 Å². The van der Waals surface area contributed by atoms with Crippen LogP contribution in [0, 0.1) is 10.1 Å². The van der Waals surface area contributed by atoms with Crippen molar-refractivity contribution in [2.75, 3.05) is 6.54 Å². The van der Waals surface area contributed by atoms with E-state index in [-0.39, 0.29) is 12.1 Å². The van der Waals surface area contributed by atoms with Crippen molar-refractivity contribution in [3.05, 3.63) is 69.3 Å². The predicted molar refractivity (Wildman–Crippen MR) is 82.2 cm³/mol. The van der Waals surface area contributed by atoms with Gasteiger partial charge in [-0.25, -0.2) is 0 Å². The van der Waals surface area contributed by atoms with Crippen molar-refractivity contribution in [1.82, 2.24) is 5.32 Å². The minimum absolute atomic E-state index is 0.0375. The molecule has 0 saturated carbocycles. The molecule has 25 heavy (non-hydrogen) atoms. The fourth-order valence-electron chi connectivity index (χ4n) is 2.10. The fourth-order valence-corrected chi connectivity index (χ4v) is 2.10. The molecular formula is C16H13F3N2O4. The third-order valence-corrected chi connectivity index (χ3v) is 3.41. The molecule has 2 aromatic carbocycles. The maximum absolute atomic E-state index is 12.5. The first-order valence-corrected chi connectivity index (χ1v) is 7.10. The fraction of sp³-hybridized carbons (Fsp3) is 0.188. The number of amides is 1. The maximum Gasteiger partial charge on any atom is 0.416 e. The van der Waals surface area contributed by atoms with E-state index in [1.807, 2.05) is 0 Å². The van der Waals surface area contributed by atoms with Crippen molar-refractivity contribution in [3.63, 3.8) is 0 Å².